The zero-order valence-corrected chi connectivity index (χ0v) is 16.4. The molecule has 0 saturated carbocycles. The molecule has 2 N–H and O–H groups in total. The van der Waals surface area contributed by atoms with Crippen molar-refractivity contribution in [2.75, 3.05) is 5.32 Å². The third-order valence-electron chi connectivity index (χ3n) is 4.06. The summed E-state index contributed by atoms with van der Waals surface area (Å²) in [7, 11) is 0. The Kier molecular flexibility index (Phi) is 5.16. The summed E-state index contributed by atoms with van der Waals surface area (Å²) in [6.45, 7) is 0. The van der Waals surface area contributed by atoms with Crippen LogP contribution in [0.25, 0.3) is 11.8 Å². The zero-order valence-electron chi connectivity index (χ0n) is 14.0. The molecular formula is C20H15Cl2N3OS. The van der Waals surface area contributed by atoms with Crippen molar-refractivity contribution < 1.29 is 4.79 Å². The fraction of sp³-hybridized carbons (Fsp3) is 0.0500. The van der Waals surface area contributed by atoms with Gasteiger partial charge in [0.2, 0.25) is 0 Å². The maximum absolute atomic E-state index is 12.4. The summed E-state index contributed by atoms with van der Waals surface area (Å²) in [5.74, 6) is -0.128. The second kappa shape index (κ2) is 7.72. The Bertz CT molecular complexity index is 1020. The Labute approximate surface area is 171 Å². The predicted molar refractivity (Wildman–Crippen MR) is 113 cm³/mol. The van der Waals surface area contributed by atoms with Crippen LogP contribution in [0, 0.1) is 0 Å². The predicted octanol–water partition coefficient (Wildman–Crippen LogP) is 5.38. The van der Waals surface area contributed by atoms with E-state index in [9.17, 15) is 4.79 Å². The number of thioether (sulfide) groups is 1. The lowest BCUT2D eigenvalue weighted by atomic mass is 10.3. The molecule has 1 saturated heterocycles. The van der Waals surface area contributed by atoms with Crippen molar-refractivity contribution in [1.29, 1.82) is 0 Å². The molecule has 3 aromatic rings. The molecule has 1 fully saturated rings. The van der Waals surface area contributed by atoms with Crippen LogP contribution >= 0.6 is 35.0 Å². The summed E-state index contributed by atoms with van der Waals surface area (Å²) in [6.07, 6.45) is 3.86. The van der Waals surface area contributed by atoms with Crippen molar-refractivity contribution in [1.82, 2.24) is 9.88 Å². The lowest BCUT2D eigenvalue weighted by molar-refractivity contribution is -0.116. The number of benzene rings is 2. The van der Waals surface area contributed by atoms with Gasteiger partial charge in [0.15, 0.2) is 5.50 Å². The summed E-state index contributed by atoms with van der Waals surface area (Å²) in [5.41, 5.74) is 2.33. The summed E-state index contributed by atoms with van der Waals surface area (Å²) in [5, 5.41) is 7.01. The molecule has 7 heteroatoms. The van der Waals surface area contributed by atoms with E-state index in [1.54, 1.807) is 6.07 Å². The number of aromatic nitrogens is 1. The van der Waals surface area contributed by atoms with Gasteiger partial charge in [-0.05, 0) is 42.5 Å². The third kappa shape index (κ3) is 3.86. The smallest absolute Gasteiger partial charge is 0.260 e. The summed E-state index contributed by atoms with van der Waals surface area (Å²) < 4.78 is 2.04. The van der Waals surface area contributed by atoms with E-state index >= 15 is 0 Å². The Morgan fingerprint density at radius 3 is 2.67 bits per heavy atom. The fourth-order valence-electron chi connectivity index (χ4n) is 2.79. The van der Waals surface area contributed by atoms with Gasteiger partial charge in [-0.3, -0.25) is 4.79 Å². The number of anilines is 1. The molecule has 0 spiro atoms. The van der Waals surface area contributed by atoms with E-state index in [4.69, 9.17) is 23.2 Å². The number of para-hydroxylation sites is 1. The molecule has 0 aliphatic carbocycles. The van der Waals surface area contributed by atoms with Gasteiger partial charge in [0.25, 0.3) is 5.91 Å². The van der Waals surface area contributed by atoms with Crippen LogP contribution in [-0.4, -0.2) is 16.0 Å². The summed E-state index contributed by atoms with van der Waals surface area (Å²) in [6, 6.07) is 19.3. The Morgan fingerprint density at radius 1 is 1.04 bits per heavy atom. The average Bonchev–Trinajstić information content (AvgIpc) is 3.27. The lowest BCUT2D eigenvalue weighted by Gasteiger charge is -2.14. The fourth-order valence-corrected chi connectivity index (χ4v) is 4.11. The van der Waals surface area contributed by atoms with Crippen molar-refractivity contribution in [3.05, 3.63) is 87.5 Å². The van der Waals surface area contributed by atoms with Crippen LogP contribution in [0.15, 0.2) is 71.8 Å². The number of nitrogens with one attached hydrogen (secondary N) is 2. The van der Waals surface area contributed by atoms with E-state index < -0.39 is 0 Å². The molecule has 1 atom stereocenters. The largest absolute Gasteiger partial charge is 0.355 e. The summed E-state index contributed by atoms with van der Waals surface area (Å²) >= 11 is 13.7. The Hall–Kier alpha value is -2.34. The van der Waals surface area contributed by atoms with Crippen molar-refractivity contribution >= 4 is 52.6 Å². The van der Waals surface area contributed by atoms with Gasteiger partial charge in [-0.1, -0.05) is 59.2 Å². The number of nitrogens with zero attached hydrogens (tertiary/aromatic N) is 1. The van der Waals surface area contributed by atoms with Gasteiger partial charge in [0.05, 0.1) is 20.6 Å². The second-order valence-electron chi connectivity index (χ2n) is 5.86. The standard InChI is InChI=1S/C20H15Cl2N3OS/c21-15-9-4-10-16(18(15)22)23-20-24-19(26)17(27-20)12-14-8-5-11-25(14)13-6-2-1-3-7-13/h1-12,20,23H,(H,24,26)/b17-12+. The van der Waals surface area contributed by atoms with Crippen LogP contribution in [-0.2, 0) is 4.79 Å². The Morgan fingerprint density at radius 2 is 1.85 bits per heavy atom. The highest BCUT2D eigenvalue weighted by Gasteiger charge is 2.28. The molecule has 4 rings (SSSR count). The first-order valence-electron chi connectivity index (χ1n) is 8.24. The van der Waals surface area contributed by atoms with E-state index in [1.165, 1.54) is 11.8 Å². The molecule has 136 valence electrons. The van der Waals surface area contributed by atoms with E-state index in [2.05, 4.69) is 10.6 Å². The third-order valence-corrected chi connectivity index (χ3v) is 5.91. The van der Waals surface area contributed by atoms with Crippen LogP contribution < -0.4 is 10.6 Å². The molecule has 27 heavy (non-hydrogen) atoms. The quantitative estimate of drug-likeness (QED) is 0.561. The van der Waals surface area contributed by atoms with E-state index in [0.29, 0.717) is 20.6 Å². The zero-order chi connectivity index (χ0) is 18.8. The SMILES string of the molecule is O=C1NC(Nc2cccc(Cl)c2Cl)S/C1=C/c1cccn1-c1ccccc1. The Balaban J connectivity index is 1.55. The number of amides is 1. The monoisotopic (exact) mass is 415 g/mol. The molecule has 2 heterocycles. The minimum atomic E-state index is -0.320. The maximum Gasteiger partial charge on any atom is 0.260 e. The molecule has 1 unspecified atom stereocenters. The van der Waals surface area contributed by atoms with Crippen LogP contribution in [0.5, 0.6) is 0 Å². The minimum absolute atomic E-state index is 0.128. The van der Waals surface area contributed by atoms with Crippen molar-refractivity contribution in [2.45, 2.75) is 5.50 Å². The lowest BCUT2D eigenvalue weighted by Crippen LogP contribution is -2.31. The first-order chi connectivity index (χ1) is 13.1. The topological polar surface area (TPSA) is 46.1 Å². The van der Waals surface area contributed by atoms with Gasteiger partial charge in [-0.15, -0.1) is 0 Å². The van der Waals surface area contributed by atoms with E-state index in [-0.39, 0.29) is 11.4 Å². The number of hydrogen-bond donors (Lipinski definition) is 2. The van der Waals surface area contributed by atoms with Gasteiger partial charge in [0.1, 0.15) is 0 Å². The van der Waals surface area contributed by atoms with Gasteiger partial charge in [0, 0.05) is 17.6 Å². The number of carbonyl (C=O) groups is 1. The highest BCUT2D eigenvalue weighted by molar-refractivity contribution is 8.05. The van der Waals surface area contributed by atoms with E-state index in [1.807, 2.05) is 71.4 Å². The molecule has 0 radical (unpaired) electrons. The molecule has 1 amide bonds. The highest BCUT2D eigenvalue weighted by atomic mass is 35.5. The van der Waals surface area contributed by atoms with Crippen molar-refractivity contribution in [3.63, 3.8) is 0 Å². The first kappa shape index (κ1) is 18.0. The van der Waals surface area contributed by atoms with Gasteiger partial charge >= 0.3 is 0 Å². The minimum Gasteiger partial charge on any atom is -0.355 e. The van der Waals surface area contributed by atoms with Gasteiger partial charge in [-0.2, -0.15) is 0 Å². The van der Waals surface area contributed by atoms with Crippen molar-refractivity contribution in [3.8, 4) is 5.69 Å². The second-order valence-corrected chi connectivity index (χ2v) is 7.80. The van der Waals surface area contributed by atoms with Gasteiger partial charge in [-0.25, -0.2) is 0 Å². The number of rotatable bonds is 4. The molecular weight excluding hydrogens is 401 g/mol. The normalized spacial score (nSPS) is 17.9. The van der Waals surface area contributed by atoms with Crippen LogP contribution in [0.4, 0.5) is 5.69 Å². The first-order valence-corrected chi connectivity index (χ1v) is 9.88. The molecule has 1 aromatic heterocycles. The molecule has 2 aromatic carbocycles. The highest BCUT2D eigenvalue weighted by Crippen LogP contribution is 2.34. The number of hydrogen-bond acceptors (Lipinski definition) is 3. The van der Waals surface area contributed by atoms with Crippen LogP contribution in [0.1, 0.15) is 5.69 Å². The summed E-state index contributed by atoms with van der Waals surface area (Å²) in [4.78, 5) is 13.0. The van der Waals surface area contributed by atoms with E-state index in [0.717, 1.165) is 11.4 Å². The number of halogens is 2. The average molecular weight is 416 g/mol. The maximum atomic E-state index is 12.4. The van der Waals surface area contributed by atoms with Gasteiger partial charge < -0.3 is 15.2 Å². The van der Waals surface area contributed by atoms with Crippen LogP contribution in [0.3, 0.4) is 0 Å². The van der Waals surface area contributed by atoms with Crippen LogP contribution in [0.2, 0.25) is 10.0 Å². The molecule has 0 bridgehead atoms. The molecule has 4 nitrogen and oxygen atoms in total. The number of carbonyl (C=O) groups excluding carboxylic acids is 1. The molecule has 1 aliphatic rings. The van der Waals surface area contributed by atoms with Crippen molar-refractivity contribution in [2.24, 2.45) is 0 Å². The molecule has 1 aliphatic heterocycles.